The number of nitrogens with zero attached hydrogens (tertiary/aromatic N) is 3. The molecule has 14 heavy (non-hydrogen) atoms. The molecule has 0 spiro atoms. The molecule has 82 valence electrons. The van der Waals surface area contributed by atoms with E-state index in [-0.39, 0.29) is 38.0 Å². The molecule has 0 rings (SSSR count). The number of hydrogen-bond acceptors (Lipinski definition) is 3. The van der Waals surface area contributed by atoms with E-state index in [1.54, 1.807) is 0 Å². The zero-order chi connectivity index (χ0) is 9.56. The maximum atomic E-state index is 2.36. The standard InChI is InChI=1S/C9H23N3.BH4.Na/c1-10(2)6-8-12(5)9-7-11(3)4;;/h6-9H2,1-5H3;1H4;/q;-1;+1. The molecule has 0 bridgehead atoms. The van der Waals surface area contributed by atoms with Gasteiger partial charge >= 0.3 is 29.6 Å². The summed E-state index contributed by atoms with van der Waals surface area (Å²) in [6.45, 7) is 4.59. The van der Waals surface area contributed by atoms with Crippen LogP contribution in [0.25, 0.3) is 0 Å². The molecule has 0 atom stereocenters. The van der Waals surface area contributed by atoms with Crippen LogP contribution in [0.3, 0.4) is 0 Å². The maximum absolute atomic E-state index is 2.36. The Morgan fingerprint density at radius 1 is 0.643 bits per heavy atom. The van der Waals surface area contributed by atoms with Crippen LogP contribution in [-0.4, -0.2) is 84.5 Å². The molecule has 0 amide bonds. The van der Waals surface area contributed by atoms with Gasteiger partial charge in [-0.2, -0.15) is 0 Å². The van der Waals surface area contributed by atoms with Gasteiger partial charge in [0.1, 0.15) is 0 Å². The quantitative estimate of drug-likeness (QED) is 0.411. The average molecular weight is 211 g/mol. The van der Waals surface area contributed by atoms with E-state index >= 15 is 0 Å². The first kappa shape index (κ1) is 20.4. The van der Waals surface area contributed by atoms with Crippen LogP contribution in [0.4, 0.5) is 0 Å². The zero-order valence-electron chi connectivity index (χ0n) is 10.2. The Bertz CT molecular complexity index is 100. The molecule has 3 nitrogen and oxygen atoms in total. The summed E-state index contributed by atoms with van der Waals surface area (Å²) in [4.78, 5) is 6.79. The predicted octanol–water partition coefficient (Wildman–Crippen LogP) is -4.41. The van der Waals surface area contributed by atoms with E-state index in [2.05, 4.69) is 49.9 Å². The summed E-state index contributed by atoms with van der Waals surface area (Å²) in [7, 11) is 10.6. The third-order valence-electron chi connectivity index (χ3n) is 1.86. The van der Waals surface area contributed by atoms with Gasteiger partial charge in [0.2, 0.25) is 0 Å². The maximum Gasteiger partial charge on any atom is 1.00 e. The summed E-state index contributed by atoms with van der Waals surface area (Å²) >= 11 is 0. The van der Waals surface area contributed by atoms with E-state index < -0.39 is 0 Å². The molecule has 0 fully saturated rings. The largest absolute Gasteiger partial charge is 1.00 e. The second kappa shape index (κ2) is 12.0. The van der Waals surface area contributed by atoms with Crippen molar-refractivity contribution in [1.82, 2.24) is 14.7 Å². The van der Waals surface area contributed by atoms with E-state index in [1.807, 2.05) is 0 Å². The van der Waals surface area contributed by atoms with Crippen LogP contribution in [0.15, 0.2) is 0 Å². The Kier molecular flexibility index (Phi) is 17.5. The van der Waals surface area contributed by atoms with Gasteiger partial charge in [0.05, 0.1) is 0 Å². The molecule has 0 N–H and O–H groups in total. The van der Waals surface area contributed by atoms with Gasteiger partial charge in [0.25, 0.3) is 0 Å². The monoisotopic (exact) mass is 211 g/mol. The SMILES string of the molecule is CN(C)CCN(C)CCN(C)C.[BH4-].[Na+]. The second-order valence-electron chi connectivity index (χ2n) is 3.91. The summed E-state index contributed by atoms with van der Waals surface area (Å²) in [5, 5.41) is 0. The molecule has 0 aliphatic rings. The van der Waals surface area contributed by atoms with E-state index in [0.717, 1.165) is 26.2 Å². The zero-order valence-corrected chi connectivity index (χ0v) is 12.2. The van der Waals surface area contributed by atoms with Crippen molar-refractivity contribution in [2.24, 2.45) is 0 Å². The van der Waals surface area contributed by atoms with Crippen molar-refractivity contribution in [2.45, 2.75) is 0 Å². The fourth-order valence-corrected chi connectivity index (χ4v) is 0.853. The number of hydrogen-bond donors (Lipinski definition) is 0. The molecule has 0 aliphatic carbocycles. The van der Waals surface area contributed by atoms with Gasteiger partial charge in [-0.3, -0.25) is 0 Å². The summed E-state index contributed by atoms with van der Waals surface area (Å²) in [5.41, 5.74) is 0. The molecule has 0 aromatic carbocycles. The first-order valence-corrected chi connectivity index (χ1v) is 4.50. The predicted molar refractivity (Wildman–Crippen MR) is 65.9 cm³/mol. The van der Waals surface area contributed by atoms with Crippen molar-refractivity contribution >= 4 is 8.41 Å². The van der Waals surface area contributed by atoms with Crippen LogP contribution in [0, 0.1) is 0 Å². The van der Waals surface area contributed by atoms with Crippen LogP contribution in [0.5, 0.6) is 0 Å². The Morgan fingerprint density at radius 3 is 1.14 bits per heavy atom. The molecule has 0 unspecified atom stereocenters. The molecule has 0 saturated heterocycles. The third kappa shape index (κ3) is 15.4. The molecule has 5 heteroatoms. The summed E-state index contributed by atoms with van der Waals surface area (Å²) in [5.74, 6) is 0. The molecule has 0 aromatic heterocycles. The summed E-state index contributed by atoms with van der Waals surface area (Å²) in [6, 6.07) is 0. The molecule has 0 heterocycles. The second-order valence-corrected chi connectivity index (χ2v) is 3.91. The van der Waals surface area contributed by atoms with Crippen molar-refractivity contribution < 1.29 is 29.6 Å². The van der Waals surface area contributed by atoms with Gasteiger partial charge in [-0.05, 0) is 35.2 Å². The van der Waals surface area contributed by atoms with Crippen LogP contribution >= 0.6 is 0 Å². The minimum absolute atomic E-state index is 0. The van der Waals surface area contributed by atoms with Crippen LogP contribution < -0.4 is 29.6 Å². The van der Waals surface area contributed by atoms with Gasteiger partial charge < -0.3 is 14.7 Å². The molecule has 0 aliphatic heterocycles. The van der Waals surface area contributed by atoms with E-state index in [1.165, 1.54) is 0 Å². The first-order valence-electron chi connectivity index (χ1n) is 4.50. The summed E-state index contributed by atoms with van der Waals surface area (Å²) < 4.78 is 0. The fraction of sp³-hybridized carbons (Fsp3) is 1.00. The Morgan fingerprint density at radius 2 is 0.929 bits per heavy atom. The van der Waals surface area contributed by atoms with Crippen molar-refractivity contribution in [3.63, 3.8) is 0 Å². The van der Waals surface area contributed by atoms with Gasteiger partial charge in [-0.1, -0.05) is 8.41 Å². The van der Waals surface area contributed by atoms with E-state index in [0.29, 0.717) is 0 Å². The fourth-order valence-electron chi connectivity index (χ4n) is 0.853. The minimum atomic E-state index is 0. The van der Waals surface area contributed by atoms with Crippen molar-refractivity contribution in [2.75, 3.05) is 61.4 Å². The molecular weight excluding hydrogens is 184 g/mol. The average Bonchev–Trinajstić information content (AvgIpc) is 1.96. The van der Waals surface area contributed by atoms with Gasteiger partial charge in [0, 0.05) is 26.2 Å². The van der Waals surface area contributed by atoms with E-state index in [4.69, 9.17) is 0 Å². The Hall–Kier alpha value is 0.945. The number of likely N-dealkylation sites (N-methyl/N-ethyl adjacent to an activating group) is 3. The van der Waals surface area contributed by atoms with Crippen LogP contribution in [0.1, 0.15) is 0 Å². The normalized spacial score (nSPS) is 10.3. The van der Waals surface area contributed by atoms with Crippen LogP contribution in [-0.2, 0) is 0 Å². The van der Waals surface area contributed by atoms with Gasteiger partial charge in [-0.15, -0.1) is 0 Å². The van der Waals surface area contributed by atoms with Crippen LogP contribution in [0.2, 0.25) is 0 Å². The Balaban J connectivity index is -0.000000605. The number of rotatable bonds is 6. The van der Waals surface area contributed by atoms with Crippen molar-refractivity contribution in [1.29, 1.82) is 0 Å². The Labute approximate surface area is 114 Å². The van der Waals surface area contributed by atoms with Gasteiger partial charge in [0.15, 0.2) is 0 Å². The van der Waals surface area contributed by atoms with Gasteiger partial charge in [-0.25, -0.2) is 0 Å². The smallest absolute Gasteiger partial charge is 0.308 e. The van der Waals surface area contributed by atoms with Crippen molar-refractivity contribution in [3.05, 3.63) is 0 Å². The topological polar surface area (TPSA) is 9.72 Å². The molecular formula is C9H27BN3Na. The summed E-state index contributed by atoms with van der Waals surface area (Å²) in [6.07, 6.45) is 0. The molecule has 0 saturated carbocycles. The first-order chi connectivity index (χ1) is 5.52. The molecule has 0 aromatic rings. The van der Waals surface area contributed by atoms with E-state index in [9.17, 15) is 0 Å². The minimum Gasteiger partial charge on any atom is -0.308 e. The third-order valence-corrected chi connectivity index (χ3v) is 1.86. The van der Waals surface area contributed by atoms with Crippen molar-refractivity contribution in [3.8, 4) is 0 Å². The molecule has 0 radical (unpaired) electrons.